The Morgan fingerprint density at radius 1 is 1.00 bits per heavy atom. The molecule has 152 valence electrons. The van der Waals surface area contributed by atoms with E-state index in [1.165, 1.54) is 11.0 Å². The number of rotatable bonds is 8. The van der Waals surface area contributed by atoms with Crippen LogP contribution in [0.4, 0.5) is 0 Å². The minimum atomic E-state index is 0.729. The number of para-hydroxylation sites is 2. The number of hydrogen-bond donors (Lipinski definition) is 2. The van der Waals surface area contributed by atoms with Crippen LogP contribution in [0.25, 0.3) is 28.1 Å². The highest BCUT2D eigenvalue weighted by molar-refractivity contribution is 5.77. The number of hydrogen-bond acceptors (Lipinski definition) is 2. The topological polar surface area (TPSA) is 47.0 Å². The molecule has 0 bridgehead atoms. The van der Waals surface area contributed by atoms with Gasteiger partial charge in [-0.25, -0.2) is 9.55 Å². The van der Waals surface area contributed by atoms with Crippen LogP contribution >= 0.6 is 0 Å². The Kier molecular flexibility index (Phi) is 5.45. The van der Waals surface area contributed by atoms with Gasteiger partial charge in [0.25, 0.3) is 0 Å². The summed E-state index contributed by atoms with van der Waals surface area (Å²) in [5.41, 5.74) is 4.58. The zero-order valence-electron chi connectivity index (χ0n) is 17.7. The summed E-state index contributed by atoms with van der Waals surface area (Å²) in [6.45, 7) is 8.87. The molecular weight excluding hydrogens is 364 g/mol. The first kappa shape index (κ1) is 19.3. The highest BCUT2D eigenvalue weighted by atomic mass is 16.5. The maximum absolute atomic E-state index is 5.48. The second-order valence-corrected chi connectivity index (χ2v) is 7.28. The van der Waals surface area contributed by atoms with Crippen LogP contribution in [0.15, 0.2) is 48.7 Å². The van der Waals surface area contributed by atoms with Gasteiger partial charge in [0.15, 0.2) is 11.5 Å². The Hall–Kier alpha value is -2.99. The van der Waals surface area contributed by atoms with Gasteiger partial charge in [-0.15, -0.1) is 0 Å². The number of H-pyrrole nitrogens is 1. The van der Waals surface area contributed by atoms with Crippen molar-refractivity contribution < 1.29 is 18.9 Å². The molecule has 2 aromatic heterocycles. The van der Waals surface area contributed by atoms with E-state index in [9.17, 15) is 0 Å². The van der Waals surface area contributed by atoms with E-state index in [0.29, 0.717) is 0 Å². The predicted molar refractivity (Wildman–Crippen MR) is 115 cm³/mol. The Balaban J connectivity index is 1.80. The van der Waals surface area contributed by atoms with Crippen LogP contribution in [0.2, 0.25) is 0 Å². The van der Waals surface area contributed by atoms with Gasteiger partial charge in [-0.2, -0.15) is 4.40 Å². The van der Waals surface area contributed by atoms with E-state index in [4.69, 9.17) is 9.47 Å². The van der Waals surface area contributed by atoms with Crippen molar-refractivity contribution in [2.75, 3.05) is 33.9 Å². The molecule has 0 fully saturated rings. The van der Waals surface area contributed by atoms with Crippen molar-refractivity contribution in [3.63, 3.8) is 0 Å². The van der Waals surface area contributed by atoms with Crippen molar-refractivity contribution >= 4 is 16.8 Å². The third-order valence-corrected chi connectivity index (χ3v) is 5.80. The monoisotopic (exact) mass is 394 g/mol. The summed E-state index contributed by atoms with van der Waals surface area (Å²) in [6.07, 6.45) is 2.17. The van der Waals surface area contributed by atoms with Crippen LogP contribution in [0.3, 0.4) is 0 Å². The highest BCUT2D eigenvalue weighted by Gasteiger charge is 2.22. The number of imidazole rings is 2. The standard InChI is InChI=1S/C23H28N4O2/c1-5-25(6-2)13-14-26-19-9-7-8-10-20(19)27-16-18(24-23(26)27)17-11-12-21(28-3)22(15-17)29-4/h7-12,15-16H,5-6,13-14H2,1-4H3/p+2. The van der Waals surface area contributed by atoms with Crippen LogP contribution in [0, 0.1) is 0 Å². The minimum absolute atomic E-state index is 0.729. The number of quaternary nitrogens is 1. The molecular formula is C23H30N4O2+2. The second kappa shape index (κ2) is 8.17. The molecule has 6 heteroatoms. The minimum Gasteiger partial charge on any atom is -0.493 e. The van der Waals surface area contributed by atoms with E-state index in [2.05, 4.69) is 64.3 Å². The first-order valence-corrected chi connectivity index (χ1v) is 10.3. The van der Waals surface area contributed by atoms with Gasteiger partial charge in [0, 0.05) is 5.56 Å². The number of nitrogens with zero attached hydrogens (tertiary/aromatic N) is 2. The van der Waals surface area contributed by atoms with Gasteiger partial charge in [0.05, 0.1) is 27.3 Å². The Morgan fingerprint density at radius 2 is 1.76 bits per heavy atom. The van der Waals surface area contributed by atoms with E-state index in [1.54, 1.807) is 19.1 Å². The number of likely N-dealkylation sites (N-methyl/N-ethyl adjacent to an activating group) is 1. The molecule has 6 nitrogen and oxygen atoms in total. The number of aromatic nitrogens is 3. The Bertz CT molecular complexity index is 1120. The van der Waals surface area contributed by atoms with E-state index >= 15 is 0 Å². The Morgan fingerprint density at radius 3 is 2.48 bits per heavy atom. The molecule has 4 aromatic rings. The summed E-state index contributed by atoms with van der Waals surface area (Å²) in [5.74, 6) is 2.56. The summed E-state index contributed by atoms with van der Waals surface area (Å²) in [7, 11) is 3.32. The lowest BCUT2D eigenvalue weighted by Gasteiger charge is -2.14. The van der Waals surface area contributed by atoms with Gasteiger partial charge in [-0.1, -0.05) is 12.1 Å². The average Bonchev–Trinajstić information content (AvgIpc) is 3.32. The summed E-state index contributed by atoms with van der Waals surface area (Å²) < 4.78 is 15.5. The smallest absolute Gasteiger partial charge is 0.368 e. The van der Waals surface area contributed by atoms with Crippen molar-refractivity contribution in [1.29, 1.82) is 0 Å². The van der Waals surface area contributed by atoms with Gasteiger partial charge in [0.1, 0.15) is 36.0 Å². The molecule has 0 amide bonds. The molecule has 0 saturated carbocycles. The van der Waals surface area contributed by atoms with Gasteiger partial charge in [-0.05, 0) is 44.2 Å². The van der Waals surface area contributed by atoms with Crippen molar-refractivity contribution in [3.8, 4) is 22.8 Å². The van der Waals surface area contributed by atoms with Crippen LogP contribution in [-0.2, 0) is 6.54 Å². The van der Waals surface area contributed by atoms with Crippen molar-refractivity contribution in [1.82, 2.24) is 9.38 Å². The molecule has 0 spiro atoms. The average molecular weight is 395 g/mol. The van der Waals surface area contributed by atoms with Gasteiger partial charge < -0.3 is 14.4 Å². The lowest BCUT2D eigenvalue weighted by atomic mass is 10.1. The van der Waals surface area contributed by atoms with E-state index in [-0.39, 0.29) is 0 Å². The number of ether oxygens (including phenoxy) is 2. The van der Waals surface area contributed by atoms with Crippen molar-refractivity contribution in [2.24, 2.45) is 0 Å². The lowest BCUT2D eigenvalue weighted by molar-refractivity contribution is -0.912. The molecule has 0 aliphatic heterocycles. The molecule has 2 aromatic carbocycles. The van der Waals surface area contributed by atoms with Gasteiger partial charge in [0.2, 0.25) is 0 Å². The fourth-order valence-corrected chi connectivity index (χ4v) is 4.04. The normalized spacial score (nSPS) is 11.6. The van der Waals surface area contributed by atoms with E-state index < -0.39 is 0 Å². The fourth-order valence-electron chi connectivity index (χ4n) is 4.04. The molecule has 4 rings (SSSR count). The summed E-state index contributed by atoms with van der Waals surface area (Å²) in [4.78, 5) is 5.24. The largest absolute Gasteiger partial charge is 0.493 e. The van der Waals surface area contributed by atoms with Crippen molar-refractivity contribution in [2.45, 2.75) is 20.4 Å². The number of fused-ring (bicyclic) bond motifs is 3. The third kappa shape index (κ3) is 3.44. The quantitative estimate of drug-likeness (QED) is 0.451. The fraction of sp³-hybridized carbons (Fsp3) is 0.348. The SMILES string of the molecule is CC[NH+](CC)CC[n+]1c2ccccc2n2cc(-c3ccc(OC)c(OC)c3)[nH]c21. The van der Waals surface area contributed by atoms with E-state index in [1.807, 2.05) is 12.1 Å². The molecule has 0 radical (unpaired) electrons. The summed E-state index contributed by atoms with van der Waals surface area (Å²) >= 11 is 0. The summed E-state index contributed by atoms with van der Waals surface area (Å²) in [5, 5.41) is 0. The Labute approximate surface area is 171 Å². The van der Waals surface area contributed by atoms with Gasteiger partial charge >= 0.3 is 5.78 Å². The lowest BCUT2D eigenvalue weighted by Crippen LogP contribution is -3.12. The van der Waals surface area contributed by atoms with Gasteiger partial charge in [-0.3, -0.25) is 0 Å². The molecule has 2 N–H and O–H groups in total. The molecule has 0 aliphatic rings. The zero-order chi connectivity index (χ0) is 20.4. The third-order valence-electron chi connectivity index (χ3n) is 5.80. The highest BCUT2D eigenvalue weighted by Crippen LogP contribution is 2.32. The second-order valence-electron chi connectivity index (χ2n) is 7.28. The van der Waals surface area contributed by atoms with Crippen LogP contribution in [-0.4, -0.2) is 43.2 Å². The molecule has 0 saturated heterocycles. The van der Waals surface area contributed by atoms with Crippen LogP contribution in [0.1, 0.15) is 13.8 Å². The predicted octanol–water partition coefficient (Wildman–Crippen LogP) is 2.32. The molecule has 0 atom stereocenters. The first-order chi connectivity index (χ1) is 14.2. The first-order valence-electron chi connectivity index (χ1n) is 10.3. The zero-order valence-corrected chi connectivity index (χ0v) is 17.7. The maximum Gasteiger partial charge on any atom is 0.368 e. The number of nitrogens with one attached hydrogen (secondary N) is 2. The molecule has 2 heterocycles. The molecule has 29 heavy (non-hydrogen) atoms. The number of aromatic amines is 1. The molecule has 0 aliphatic carbocycles. The number of benzene rings is 2. The van der Waals surface area contributed by atoms with Crippen LogP contribution < -0.4 is 18.9 Å². The van der Waals surface area contributed by atoms with E-state index in [0.717, 1.165) is 54.7 Å². The van der Waals surface area contributed by atoms with Crippen molar-refractivity contribution in [3.05, 3.63) is 48.7 Å². The molecule has 0 unspecified atom stereocenters. The number of methoxy groups -OCH3 is 2. The summed E-state index contributed by atoms with van der Waals surface area (Å²) in [6, 6.07) is 14.6. The van der Waals surface area contributed by atoms with Crippen LogP contribution in [0.5, 0.6) is 11.5 Å². The maximum atomic E-state index is 5.48.